The Labute approximate surface area is 136 Å². The van der Waals surface area contributed by atoms with E-state index in [0.29, 0.717) is 19.8 Å². The van der Waals surface area contributed by atoms with E-state index in [0.717, 1.165) is 37.4 Å². The summed E-state index contributed by atoms with van der Waals surface area (Å²) >= 11 is 0. The van der Waals surface area contributed by atoms with E-state index in [1.54, 1.807) is 20.5 Å². The molecular weight excluding hydrogens is 296 g/mol. The summed E-state index contributed by atoms with van der Waals surface area (Å²) in [6.45, 7) is 3.26. The summed E-state index contributed by atoms with van der Waals surface area (Å²) in [7, 11) is 3.32. The summed E-state index contributed by atoms with van der Waals surface area (Å²) in [5.41, 5.74) is 0.858. The predicted octanol–water partition coefficient (Wildman–Crippen LogP) is 0.697. The van der Waals surface area contributed by atoms with Gasteiger partial charge in [-0.25, -0.2) is 9.97 Å². The maximum atomic E-state index is 12.7. The van der Waals surface area contributed by atoms with Gasteiger partial charge in [0.1, 0.15) is 12.1 Å². The van der Waals surface area contributed by atoms with Crippen LogP contribution in [0.3, 0.4) is 0 Å². The molecule has 0 aromatic carbocycles. The highest BCUT2D eigenvalue weighted by molar-refractivity contribution is 5.81. The molecule has 3 saturated heterocycles. The average Bonchev–Trinajstić information content (AvgIpc) is 2.85. The Morgan fingerprint density at radius 1 is 1.22 bits per heavy atom. The molecule has 1 aromatic heterocycles. The summed E-state index contributed by atoms with van der Waals surface area (Å²) in [6.07, 6.45) is 3.58. The molecule has 3 aliphatic rings. The van der Waals surface area contributed by atoms with E-state index in [4.69, 9.17) is 9.47 Å². The van der Waals surface area contributed by atoms with Crippen LogP contribution in [0.4, 0.5) is 5.82 Å². The number of anilines is 1. The van der Waals surface area contributed by atoms with Crippen molar-refractivity contribution in [3.63, 3.8) is 0 Å². The number of piperidine rings is 1. The van der Waals surface area contributed by atoms with E-state index >= 15 is 0 Å². The van der Waals surface area contributed by atoms with Crippen molar-refractivity contribution in [2.75, 3.05) is 45.4 Å². The van der Waals surface area contributed by atoms with Gasteiger partial charge in [-0.2, -0.15) is 0 Å². The van der Waals surface area contributed by atoms with Crippen LogP contribution in [-0.2, 0) is 20.9 Å². The number of amides is 1. The van der Waals surface area contributed by atoms with E-state index in [-0.39, 0.29) is 17.9 Å². The van der Waals surface area contributed by atoms with Crippen molar-refractivity contribution < 1.29 is 14.3 Å². The molecule has 7 nitrogen and oxygen atoms in total. The summed E-state index contributed by atoms with van der Waals surface area (Å²) < 4.78 is 10.3. The van der Waals surface area contributed by atoms with Gasteiger partial charge in [0.2, 0.25) is 5.91 Å². The maximum absolute atomic E-state index is 12.7. The second kappa shape index (κ2) is 7.23. The van der Waals surface area contributed by atoms with Crippen molar-refractivity contribution in [2.24, 2.45) is 5.92 Å². The van der Waals surface area contributed by atoms with E-state index < -0.39 is 0 Å². The van der Waals surface area contributed by atoms with Gasteiger partial charge in [0, 0.05) is 46.0 Å². The number of carbonyl (C=O) groups is 1. The zero-order chi connectivity index (χ0) is 16.2. The van der Waals surface area contributed by atoms with Gasteiger partial charge in [-0.3, -0.25) is 4.79 Å². The molecule has 3 aliphatic heterocycles. The Hall–Kier alpha value is -1.73. The Balaban J connectivity index is 1.78. The number of ether oxygens (including phenoxy) is 2. The van der Waals surface area contributed by atoms with Crippen molar-refractivity contribution in [3.05, 3.63) is 18.1 Å². The summed E-state index contributed by atoms with van der Waals surface area (Å²) in [6, 6.07) is 2.19. The maximum Gasteiger partial charge on any atom is 0.227 e. The number of fused-ring (bicyclic) bond motifs is 4. The van der Waals surface area contributed by atoms with Crippen molar-refractivity contribution in [1.29, 1.82) is 0 Å². The van der Waals surface area contributed by atoms with Crippen LogP contribution in [0.15, 0.2) is 12.4 Å². The first-order chi connectivity index (χ1) is 11.2. The van der Waals surface area contributed by atoms with Gasteiger partial charge in [-0.15, -0.1) is 0 Å². The molecule has 0 unspecified atom stereocenters. The van der Waals surface area contributed by atoms with Crippen LogP contribution in [0, 0.1) is 5.92 Å². The highest BCUT2D eigenvalue weighted by Gasteiger charge is 2.40. The third-order valence-corrected chi connectivity index (χ3v) is 4.66. The molecule has 4 rings (SSSR count). The van der Waals surface area contributed by atoms with Gasteiger partial charge in [-0.05, 0) is 12.8 Å². The molecule has 3 fully saturated rings. The Kier molecular flexibility index (Phi) is 5.07. The minimum Gasteiger partial charge on any atom is -0.383 e. The second-order valence-corrected chi connectivity index (χ2v) is 6.16. The fourth-order valence-corrected chi connectivity index (χ4v) is 3.50. The normalized spacial score (nSPS) is 24.2. The molecule has 0 aliphatic carbocycles. The molecule has 0 N–H and O–H groups in total. The molecule has 126 valence electrons. The summed E-state index contributed by atoms with van der Waals surface area (Å²) in [4.78, 5) is 25.5. The van der Waals surface area contributed by atoms with Crippen molar-refractivity contribution in [3.8, 4) is 0 Å². The van der Waals surface area contributed by atoms with Gasteiger partial charge in [0.25, 0.3) is 0 Å². The van der Waals surface area contributed by atoms with Crippen LogP contribution in [0.1, 0.15) is 18.5 Å². The molecule has 23 heavy (non-hydrogen) atoms. The average molecular weight is 320 g/mol. The lowest BCUT2D eigenvalue weighted by Gasteiger charge is -2.35. The van der Waals surface area contributed by atoms with E-state index in [1.165, 1.54) is 0 Å². The fraction of sp³-hybridized carbons (Fsp3) is 0.688. The van der Waals surface area contributed by atoms with Crippen LogP contribution in [0.25, 0.3) is 0 Å². The van der Waals surface area contributed by atoms with Gasteiger partial charge in [-0.1, -0.05) is 0 Å². The molecule has 0 saturated carbocycles. The van der Waals surface area contributed by atoms with Gasteiger partial charge in [0.15, 0.2) is 0 Å². The quantitative estimate of drug-likeness (QED) is 0.768. The molecule has 2 atom stereocenters. The standard InChI is InChI=1S/C16H24N4O3/c1-22-6-5-20-14-4-3-12(16(20)21)8-19(9-14)15-7-13(10-23-2)17-11-18-15/h7,11-12,14H,3-6,8-10H2,1-2H3/t12-,14+/m1/s1. The third kappa shape index (κ3) is 3.45. The molecule has 0 radical (unpaired) electrons. The number of rotatable bonds is 6. The summed E-state index contributed by atoms with van der Waals surface area (Å²) in [5.74, 6) is 1.18. The van der Waals surface area contributed by atoms with E-state index in [9.17, 15) is 4.79 Å². The second-order valence-electron chi connectivity index (χ2n) is 6.16. The van der Waals surface area contributed by atoms with Crippen LogP contribution in [-0.4, -0.2) is 67.3 Å². The summed E-state index contributed by atoms with van der Waals surface area (Å²) in [5, 5.41) is 0. The number of nitrogens with zero attached hydrogens (tertiary/aromatic N) is 4. The molecule has 2 bridgehead atoms. The first-order valence-corrected chi connectivity index (χ1v) is 8.07. The van der Waals surface area contributed by atoms with Crippen molar-refractivity contribution >= 4 is 11.7 Å². The van der Waals surface area contributed by atoms with Gasteiger partial charge >= 0.3 is 0 Å². The van der Waals surface area contributed by atoms with Crippen molar-refractivity contribution in [2.45, 2.75) is 25.5 Å². The minimum atomic E-state index is 0.0476. The fourth-order valence-electron chi connectivity index (χ4n) is 3.50. The molecule has 0 spiro atoms. The first-order valence-electron chi connectivity index (χ1n) is 8.07. The zero-order valence-corrected chi connectivity index (χ0v) is 13.8. The largest absolute Gasteiger partial charge is 0.383 e. The Bertz CT molecular complexity index is 554. The van der Waals surface area contributed by atoms with Crippen LogP contribution in [0.5, 0.6) is 0 Å². The smallest absolute Gasteiger partial charge is 0.227 e. The first kappa shape index (κ1) is 16.1. The third-order valence-electron chi connectivity index (χ3n) is 4.66. The Morgan fingerprint density at radius 2 is 2.09 bits per heavy atom. The Morgan fingerprint density at radius 3 is 2.87 bits per heavy atom. The van der Waals surface area contributed by atoms with Crippen LogP contribution >= 0.6 is 0 Å². The van der Waals surface area contributed by atoms with Crippen molar-refractivity contribution in [1.82, 2.24) is 14.9 Å². The lowest BCUT2D eigenvalue weighted by molar-refractivity contribution is -0.140. The monoisotopic (exact) mass is 320 g/mol. The topological polar surface area (TPSA) is 67.8 Å². The van der Waals surface area contributed by atoms with Crippen LogP contribution < -0.4 is 4.90 Å². The van der Waals surface area contributed by atoms with Crippen LogP contribution in [0.2, 0.25) is 0 Å². The SMILES string of the molecule is COCCN1C(=O)[C@@H]2CC[C@H]1CN(c1cc(COC)ncn1)C2. The minimum absolute atomic E-state index is 0.0476. The highest BCUT2D eigenvalue weighted by Crippen LogP contribution is 2.31. The lowest BCUT2D eigenvalue weighted by atomic mass is 9.94. The number of hydrogen-bond acceptors (Lipinski definition) is 6. The van der Waals surface area contributed by atoms with Gasteiger partial charge < -0.3 is 19.3 Å². The highest BCUT2D eigenvalue weighted by atomic mass is 16.5. The number of hydrogen-bond donors (Lipinski definition) is 0. The number of carbonyl (C=O) groups excluding carboxylic acids is 1. The molecular formula is C16H24N4O3. The lowest BCUT2D eigenvalue weighted by Crippen LogP contribution is -2.49. The molecule has 4 heterocycles. The van der Waals surface area contributed by atoms with E-state index in [1.807, 2.05) is 11.0 Å². The molecule has 1 aromatic rings. The van der Waals surface area contributed by atoms with E-state index in [2.05, 4.69) is 14.9 Å². The predicted molar refractivity (Wildman–Crippen MR) is 85.1 cm³/mol. The number of aromatic nitrogens is 2. The zero-order valence-electron chi connectivity index (χ0n) is 13.8. The number of methoxy groups -OCH3 is 2. The molecule has 1 amide bonds. The molecule has 7 heteroatoms. The van der Waals surface area contributed by atoms with Gasteiger partial charge in [0.05, 0.1) is 24.8 Å².